The van der Waals surface area contributed by atoms with E-state index in [1.165, 1.54) is 30.3 Å². The molecule has 33 heavy (non-hydrogen) atoms. The van der Waals surface area contributed by atoms with Crippen LogP contribution in [0, 0.1) is 5.82 Å². The maximum Gasteiger partial charge on any atom is 0.242 e. The average molecular weight is 473 g/mol. The molecule has 0 aliphatic heterocycles. The second-order valence-corrected chi connectivity index (χ2v) is 9.49. The van der Waals surface area contributed by atoms with Crippen LogP contribution in [0.4, 0.5) is 4.39 Å². The van der Waals surface area contributed by atoms with Gasteiger partial charge in [-0.1, -0.05) is 43.5 Å². The lowest BCUT2D eigenvalue weighted by Gasteiger charge is -2.31. The Bertz CT molecular complexity index is 899. The Balaban J connectivity index is 1.63. The van der Waals surface area contributed by atoms with E-state index < -0.39 is 6.04 Å². The largest absolute Gasteiger partial charge is 0.497 e. The first-order valence-electron chi connectivity index (χ1n) is 11.5. The van der Waals surface area contributed by atoms with Crippen LogP contribution < -0.4 is 10.1 Å². The first-order valence-corrected chi connectivity index (χ1v) is 12.7. The van der Waals surface area contributed by atoms with E-state index in [0.717, 1.165) is 42.6 Å². The van der Waals surface area contributed by atoms with Crippen LogP contribution in [0.3, 0.4) is 0 Å². The van der Waals surface area contributed by atoms with Crippen LogP contribution in [0.2, 0.25) is 0 Å². The second kappa shape index (κ2) is 12.6. The van der Waals surface area contributed by atoms with E-state index in [-0.39, 0.29) is 36.0 Å². The molecule has 1 aliphatic rings. The summed E-state index contributed by atoms with van der Waals surface area (Å²) in [5.41, 5.74) is 1.89. The summed E-state index contributed by atoms with van der Waals surface area (Å²) in [5, 5.41) is 3.13. The zero-order valence-electron chi connectivity index (χ0n) is 19.4. The Morgan fingerprint density at radius 2 is 1.70 bits per heavy atom. The fourth-order valence-corrected chi connectivity index (χ4v) is 4.87. The van der Waals surface area contributed by atoms with Gasteiger partial charge in [-0.2, -0.15) is 0 Å². The van der Waals surface area contributed by atoms with Crippen LogP contribution in [-0.4, -0.2) is 41.7 Å². The van der Waals surface area contributed by atoms with Gasteiger partial charge in [0.15, 0.2) is 0 Å². The summed E-state index contributed by atoms with van der Waals surface area (Å²) in [6.07, 6.45) is 5.44. The molecule has 1 atom stereocenters. The minimum atomic E-state index is -0.605. The molecule has 5 nitrogen and oxygen atoms in total. The van der Waals surface area contributed by atoms with Gasteiger partial charge < -0.3 is 15.0 Å². The summed E-state index contributed by atoms with van der Waals surface area (Å²) in [6.45, 7) is 2.04. The van der Waals surface area contributed by atoms with Crippen LogP contribution in [-0.2, 0) is 21.9 Å². The first-order chi connectivity index (χ1) is 16.0. The third kappa shape index (κ3) is 7.77. The Morgan fingerprint density at radius 1 is 1.06 bits per heavy atom. The highest BCUT2D eigenvalue weighted by Gasteiger charge is 2.28. The standard InChI is InChI=1S/C26H33FN2O3S/c1-19(26(31)28-23-6-4-3-5-7-23)29(16-20-8-12-22(27)13-9-20)25(30)18-33-17-21-10-14-24(32-2)15-11-21/h8-15,19,23H,3-7,16-18H2,1-2H3,(H,28,31). The van der Waals surface area contributed by atoms with Gasteiger partial charge in [0, 0.05) is 18.3 Å². The number of carbonyl (C=O) groups is 2. The molecule has 2 aromatic carbocycles. The number of nitrogens with one attached hydrogen (secondary N) is 1. The normalized spacial score (nSPS) is 15.0. The Morgan fingerprint density at radius 3 is 2.33 bits per heavy atom. The molecule has 178 valence electrons. The SMILES string of the molecule is COc1ccc(CSCC(=O)N(Cc2ccc(F)cc2)C(C)C(=O)NC2CCCCC2)cc1. The summed E-state index contributed by atoms with van der Waals surface area (Å²) in [6, 6.07) is 13.4. The number of nitrogens with zero attached hydrogens (tertiary/aromatic N) is 1. The molecule has 0 heterocycles. The minimum absolute atomic E-state index is 0.107. The number of hydrogen-bond acceptors (Lipinski definition) is 4. The van der Waals surface area contributed by atoms with Crippen molar-refractivity contribution in [2.75, 3.05) is 12.9 Å². The lowest BCUT2D eigenvalue weighted by atomic mass is 9.95. The van der Waals surface area contributed by atoms with Crippen LogP contribution >= 0.6 is 11.8 Å². The number of hydrogen-bond donors (Lipinski definition) is 1. The van der Waals surface area contributed by atoms with Crippen LogP contribution in [0.5, 0.6) is 5.75 Å². The van der Waals surface area contributed by atoms with Gasteiger partial charge in [0.05, 0.1) is 12.9 Å². The van der Waals surface area contributed by atoms with E-state index in [1.54, 1.807) is 31.1 Å². The van der Waals surface area contributed by atoms with Crippen LogP contribution in [0.25, 0.3) is 0 Å². The Kier molecular flexibility index (Phi) is 9.61. The number of benzene rings is 2. The Labute approximate surface area is 200 Å². The highest BCUT2D eigenvalue weighted by molar-refractivity contribution is 7.99. The number of carbonyl (C=O) groups excluding carboxylic acids is 2. The summed E-state index contributed by atoms with van der Waals surface area (Å²) >= 11 is 1.51. The highest BCUT2D eigenvalue weighted by Crippen LogP contribution is 2.20. The van der Waals surface area contributed by atoms with E-state index in [9.17, 15) is 14.0 Å². The maximum atomic E-state index is 13.3. The molecule has 2 amide bonds. The fourth-order valence-electron chi connectivity index (χ4n) is 4.00. The number of halogens is 1. The lowest BCUT2D eigenvalue weighted by Crippen LogP contribution is -2.50. The smallest absolute Gasteiger partial charge is 0.242 e. The Hall–Kier alpha value is -2.54. The zero-order chi connectivity index (χ0) is 23.6. The van der Waals surface area contributed by atoms with Gasteiger partial charge in [-0.3, -0.25) is 9.59 Å². The van der Waals surface area contributed by atoms with Crippen LogP contribution in [0.15, 0.2) is 48.5 Å². The molecule has 1 saturated carbocycles. The molecule has 0 radical (unpaired) electrons. The van der Waals surface area contributed by atoms with Gasteiger partial charge in [0.25, 0.3) is 0 Å². The quantitative estimate of drug-likeness (QED) is 0.533. The average Bonchev–Trinajstić information content (AvgIpc) is 2.84. The number of amides is 2. The van der Waals surface area contributed by atoms with E-state index in [0.29, 0.717) is 5.75 Å². The fraction of sp³-hybridized carbons (Fsp3) is 0.462. The third-order valence-electron chi connectivity index (χ3n) is 6.04. The lowest BCUT2D eigenvalue weighted by molar-refractivity contribution is -0.139. The molecule has 7 heteroatoms. The van der Waals surface area contributed by atoms with Gasteiger partial charge in [0.1, 0.15) is 17.6 Å². The van der Waals surface area contributed by atoms with Crippen molar-refractivity contribution < 1.29 is 18.7 Å². The van der Waals surface area contributed by atoms with Crippen molar-refractivity contribution in [3.63, 3.8) is 0 Å². The molecular weight excluding hydrogens is 439 g/mol. The summed E-state index contributed by atoms with van der Waals surface area (Å²) in [5.74, 6) is 1.18. The predicted molar refractivity (Wildman–Crippen MR) is 131 cm³/mol. The van der Waals surface area contributed by atoms with E-state index in [1.807, 2.05) is 24.3 Å². The van der Waals surface area contributed by atoms with Gasteiger partial charge in [-0.05, 0) is 55.2 Å². The van der Waals surface area contributed by atoms with Gasteiger partial charge in [-0.25, -0.2) is 4.39 Å². The molecule has 3 rings (SSSR count). The number of thioether (sulfide) groups is 1. The molecule has 1 N–H and O–H groups in total. The molecule has 0 spiro atoms. The molecule has 0 bridgehead atoms. The molecule has 1 unspecified atom stereocenters. The van der Waals surface area contributed by atoms with Crippen molar-refractivity contribution in [3.05, 3.63) is 65.5 Å². The topological polar surface area (TPSA) is 58.6 Å². The number of ether oxygens (including phenoxy) is 1. The predicted octanol–water partition coefficient (Wildman–Crippen LogP) is 4.93. The van der Waals surface area contributed by atoms with Crippen molar-refractivity contribution in [1.82, 2.24) is 10.2 Å². The summed E-state index contributed by atoms with van der Waals surface area (Å²) in [7, 11) is 1.63. The summed E-state index contributed by atoms with van der Waals surface area (Å²) < 4.78 is 18.5. The second-order valence-electron chi connectivity index (χ2n) is 8.51. The molecular formula is C26H33FN2O3S. The zero-order valence-corrected chi connectivity index (χ0v) is 20.2. The van der Waals surface area contributed by atoms with Crippen LogP contribution in [0.1, 0.15) is 50.2 Å². The molecule has 0 saturated heterocycles. The molecule has 1 fully saturated rings. The minimum Gasteiger partial charge on any atom is -0.497 e. The molecule has 2 aromatic rings. The van der Waals surface area contributed by atoms with Crippen molar-refractivity contribution in [3.8, 4) is 5.75 Å². The monoisotopic (exact) mass is 472 g/mol. The van der Waals surface area contributed by atoms with Crippen molar-refractivity contribution in [2.45, 2.75) is 63.4 Å². The first kappa shape index (κ1) is 25.1. The van der Waals surface area contributed by atoms with Crippen molar-refractivity contribution >= 4 is 23.6 Å². The summed E-state index contributed by atoms with van der Waals surface area (Å²) in [4.78, 5) is 27.8. The molecule has 1 aliphatic carbocycles. The number of methoxy groups -OCH3 is 1. The van der Waals surface area contributed by atoms with Gasteiger partial charge in [0.2, 0.25) is 11.8 Å². The molecule has 0 aromatic heterocycles. The van der Waals surface area contributed by atoms with Gasteiger partial charge in [-0.15, -0.1) is 11.8 Å². The van der Waals surface area contributed by atoms with E-state index >= 15 is 0 Å². The van der Waals surface area contributed by atoms with E-state index in [2.05, 4.69) is 5.32 Å². The highest BCUT2D eigenvalue weighted by atomic mass is 32.2. The van der Waals surface area contributed by atoms with Crippen molar-refractivity contribution in [1.29, 1.82) is 0 Å². The van der Waals surface area contributed by atoms with Gasteiger partial charge >= 0.3 is 0 Å². The third-order valence-corrected chi connectivity index (χ3v) is 7.03. The van der Waals surface area contributed by atoms with E-state index in [4.69, 9.17) is 4.74 Å². The van der Waals surface area contributed by atoms with Crippen molar-refractivity contribution in [2.24, 2.45) is 0 Å². The maximum absolute atomic E-state index is 13.3. The number of rotatable bonds is 10.